The summed E-state index contributed by atoms with van der Waals surface area (Å²) in [5.74, 6) is -6.56. The lowest BCUT2D eigenvalue weighted by atomic mass is 10.1. The number of pyridine rings is 1. The van der Waals surface area contributed by atoms with E-state index in [2.05, 4.69) is 20.4 Å². The molecule has 2 fully saturated rings. The Labute approximate surface area is 259 Å². The predicted molar refractivity (Wildman–Crippen MR) is 155 cm³/mol. The van der Waals surface area contributed by atoms with E-state index >= 15 is 4.39 Å². The molecule has 2 amide bonds. The predicted octanol–water partition coefficient (Wildman–Crippen LogP) is 3.48. The molecule has 0 bridgehead atoms. The number of carbonyl (C=O) groups excluding carboxylic acids is 2. The van der Waals surface area contributed by atoms with Gasteiger partial charge in [-0.1, -0.05) is 6.07 Å². The highest BCUT2D eigenvalue weighted by molar-refractivity contribution is 5.98. The monoisotopic (exact) mass is 644 g/mol. The molecule has 2 aliphatic rings. The summed E-state index contributed by atoms with van der Waals surface area (Å²) in [5.41, 5.74) is 7.36. The van der Waals surface area contributed by atoms with E-state index in [1.165, 1.54) is 30.2 Å². The number of rotatable bonds is 7. The van der Waals surface area contributed by atoms with Crippen molar-refractivity contribution in [2.24, 2.45) is 0 Å². The van der Waals surface area contributed by atoms with Gasteiger partial charge in [-0.15, -0.1) is 0 Å². The van der Waals surface area contributed by atoms with Crippen molar-refractivity contribution in [1.29, 1.82) is 0 Å². The zero-order valence-corrected chi connectivity index (χ0v) is 24.5. The number of nitrogen functional groups attached to an aromatic ring is 1. The van der Waals surface area contributed by atoms with Gasteiger partial charge in [-0.3, -0.25) is 14.5 Å². The Morgan fingerprint density at radius 2 is 1.83 bits per heavy atom. The van der Waals surface area contributed by atoms with Crippen LogP contribution in [-0.2, 0) is 6.54 Å². The van der Waals surface area contributed by atoms with Crippen LogP contribution in [0.1, 0.15) is 39.1 Å². The number of hydrogen-bond donors (Lipinski definition) is 2. The Morgan fingerprint density at radius 1 is 1.11 bits per heavy atom. The van der Waals surface area contributed by atoms with Crippen molar-refractivity contribution in [2.45, 2.75) is 37.5 Å². The largest absolute Gasteiger partial charge is 0.480 e. The molecule has 242 valence electrons. The Bertz CT molecular complexity index is 1790. The molecule has 2 atom stereocenters. The van der Waals surface area contributed by atoms with E-state index in [1.807, 2.05) is 4.90 Å². The lowest BCUT2D eigenvalue weighted by Crippen LogP contribution is -2.42. The van der Waals surface area contributed by atoms with Crippen molar-refractivity contribution < 1.29 is 36.3 Å². The smallest absolute Gasteiger partial charge is 0.260 e. The quantitative estimate of drug-likeness (QED) is 0.293. The van der Waals surface area contributed by atoms with Crippen molar-refractivity contribution >= 4 is 23.1 Å². The fraction of sp³-hybridized carbons (Fsp3) is 0.367. The molecule has 6 rings (SSSR count). The van der Waals surface area contributed by atoms with Gasteiger partial charge < -0.3 is 20.7 Å². The number of alkyl halides is 3. The SMILES string of the molecule is COc1ncc(-c2cc(CN3CCC(F)(F)CC3)c3c(N)ncnn23)cc1C(=O)N[C@@H]1CN(C(=O)c2c(F)cccc2F)C[C@@H]1F. The van der Waals surface area contributed by atoms with Gasteiger partial charge in [0.15, 0.2) is 5.82 Å². The number of nitrogens with two attached hydrogens (primary N) is 1. The van der Waals surface area contributed by atoms with Crippen molar-refractivity contribution in [1.82, 2.24) is 34.7 Å². The van der Waals surface area contributed by atoms with E-state index in [0.717, 1.165) is 23.1 Å². The number of halogens is 5. The average Bonchev–Trinajstić information content (AvgIpc) is 3.58. The second kappa shape index (κ2) is 12.2. The summed E-state index contributed by atoms with van der Waals surface area (Å²) in [4.78, 5) is 37.4. The topological polar surface area (TPSA) is 131 Å². The van der Waals surface area contributed by atoms with Crippen LogP contribution < -0.4 is 15.8 Å². The van der Waals surface area contributed by atoms with Gasteiger partial charge in [0.05, 0.1) is 25.4 Å². The Hall–Kier alpha value is -4.86. The highest BCUT2D eigenvalue weighted by Gasteiger charge is 2.39. The second-order valence-corrected chi connectivity index (χ2v) is 11.3. The molecule has 0 aliphatic carbocycles. The van der Waals surface area contributed by atoms with Gasteiger partial charge >= 0.3 is 0 Å². The van der Waals surface area contributed by atoms with Crippen LogP contribution >= 0.6 is 0 Å². The molecule has 3 aromatic heterocycles. The van der Waals surface area contributed by atoms with E-state index in [0.29, 0.717) is 28.9 Å². The summed E-state index contributed by atoms with van der Waals surface area (Å²) in [7, 11) is 1.30. The van der Waals surface area contributed by atoms with Gasteiger partial charge in [-0.25, -0.2) is 36.4 Å². The van der Waals surface area contributed by atoms with Crippen molar-refractivity contribution in [3.05, 3.63) is 71.2 Å². The number of methoxy groups -OCH3 is 1. The number of amides is 2. The first-order chi connectivity index (χ1) is 22.0. The molecule has 46 heavy (non-hydrogen) atoms. The number of anilines is 1. The van der Waals surface area contributed by atoms with Crippen LogP contribution in [0.4, 0.5) is 27.8 Å². The van der Waals surface area contributed by atoms with Crippen LogP contribution in [0.15, 0.2) is 42.9 Å². The molecular weight excluding hydrogens is 615 g/mol. The highest BCUT2D eigenvalue weighted by atomic mass is 19.3. The molecular formula is C30H29F5N8O3. The summed E-state index contributed by atoms with van der Waals surface area (Å²) in [5, 5.41) is 6.86. The molecule has 4 aromatic rings. The third-order valence-corrected chi connectivity index (χ3v) is 8.26. The third-order valence-electron chi connectivity index (χ3n) is 8.26. The first-order valence-corrected chi connectivity index (χ1v) is 14.4. The van der Waals surface area contributed by atoms with Crippen LogP contribution in [0.25, 0.3) is 16.8 Å². The first-order valence-electron chi connectivity index (χ1n) is 14.4. The maximum Gasteiger partial charge on any atom is 0.260 e. The molecule has 2 saturated heterocycles. The standard InChI is InChI=1S/C30H29F5N8O3/c1-46-28-18(27(44)40-22-14-42(13-21(22)33)29(45)24-19(31)3-2-4-20(24)32)9-16(11-37-28)23-10-17(25-26(36)38-15-39-43(23)25)12-41-7-5-30(34,35)6-8-41/h2-4,9-11,15,21-22H,5-8,12-14H2,1H3,(H,40,44)(H2,36,38,39)/t21-,22+/m0/s1. The number of nitrogens with one attached hydrogen (secondary N) is 1. The number of likely N-dealkylation sites (tertiary alicyclic amines) is 2. The van der Waals surface area contributed by atoms with Gasteiger partial charge in [-0.2, -0.15) is 5.10 Å². The minimum Gasteiger partial charge on any atom is -0.480 e. The third kappa shape index (κ3) is 5.91. The summed E-state index contributed by atoms with van der Waals surface area (Å²) < 4.78 is 77.7. The number of hydrogen-bond acceptors (Lipinski definition) is 8. The van der Waals surface area contributed by atoms with Crippen LogP contribution in [0.5, 0.6) is 5.88 Å². The van der Waals surface area contributed by atoms with Crippen molar-refractivity contribution in [3.63, 3.8) is 0 Å². The minimum absolute atomic E-state index is 0.0612. The van der Waals surface area contributed by atoms with Crippen LogP contribution in [-0.4, -0.2) is 92.6 Å². The van der Waals surface area contributed by atoms with Gasteiger partial charge in [0, 0.05) is 50.8 Å². The molecule has 0 radical (unpaired) electrons. The lowest BCUT2D eigenvalue weighted by Gasteiger charge is -2.31. The van der Waals surface area contributed by atoms with E-state index in [9.17, 15) is 27.2 Å². The number of ether oxygens (including phenoxy) is 1. The summed E-state index contributed by atoms with van der Waals surface area (Å²) >= 11 is 0. The van der Waals surface area contributed by atoms with E-state index in [4.69, 9.17) is 10.5 Å². The molecule has 16 heteroatoms. The van der Waals surface area contributed by atoms with Crippen LogP contribution in [0.2, 0.25) is 0 Å². The van der Waals surface area contributed by atoms with Gasteiger partial charge in [0.2, 0.25) is 5.88 Å². The number of carbonyl (C=O) groups is 2. The maximum atomic E-state index is 15.1. The highest BCUT2D eigenvalue weighted by Crippen LogP contribution is 2.33. The second-order valence-electron chi connectivity index (χ2n) is 11.3. The number of aromatic nitrogens is 4. The van der Waals surface area contributed by atoms with E-state index in [1.54, 1.807) is 6.07 Å². The van der Waals surface area contributed by atoms with Crippen molar-refractivity contribution in [3.8, 4) is 17.1 Å². The van der Waals surface area contributed by atoms with E-state index < -0.39 is 53.7 Å². The molecule has 5 heterocycles. The number of nitrogens with zero attached hydrogens (tertiary/aromatic N) is 6. The van der Waals surface area contributed by atoms with Crippen molar-refractivity contribution in [2.75, 3.05) is 39.0 Å². The number of fused-ring (bicyclic) bond motifs is 1. The molecule has 0 saturated carbocycles. The van der Waals surface area contributed by atoms with Gasteiger partial charge in [-0.05, 0) is 29.8 Å². The molecule has 3 N–H and O–H groups in total. The summed E-state index contributed by atoms with van der Waals surface area (Å²) in [6.07, 6.45) is 0.453. The molecule has 11 nitrogen and oxygen atoms in total. The van der Waals surface area contributed by atoms with E-state index in [-0.39, 0.29) is 49.7 Å². The first kappa shape index (κ1) is 31.1. The Balaban J connectivity index is 1.25. The molecule has 2 aliphatic heterocycles. The minimum atomic E-state index is -2.70. The zero-order chi connectivity index (χ0) is 32.7. The molecule has 0 spiro atoms. The Kier molecular flexibility index (Phi) is 8.22. The Morgan fingerprint density at radius 3 is 2.52 bits per heavy atom. The number of benzene rings is 1. The number of piperidine rings is 1. The van der Waals surface area contributed by atoms with Crippen LogP contribution in [0.3, 0.4) is 0 Å². The molecule has 0 unspecified atom stereocenters. The van der Waals surface area contributed by atoms with Gasteiger partial charge in [0.1, 0.15) is 40.8 Å². The summed E-state index contributed by atoms with van der Waals surface area (Å²) in [6, 6.07) is 5.00. The fourth-order valence-corrected chi connectivity index (χ4v) is 5.84. The van der Waals surface area contributed by atoms with Crippen LogP contribution in [0, 0.1) is 11.6 Å². The summed E-state index contributed by atoms with van der Waals surface area (Å²) in [6.45, 7) is -0.130. The lowest BCUT2D eigenvalue weighted by molar-refractivity contribution is -0.0565. The average molecular weight is 645 g/mol. The molecule has 1 aromatic carbocycles. The zero-order valence-electron chi connectivity index (χ0n) is 24.5. The normalized spacial score (nSPS) is 19.8. The fourth-order valence-electron chi connectivity index (χ4n) is 5.84. The maximum absolute atomic E-state index is 15.1. The van der Waals surface area contributed by atoms with Gasteiger partial charge in [0.25, 0.3) is 17.7 Å².